The lowest BCUT2D eigenvalue weighted by Gasteiger charge is -2.15. The van der Waals surface area contributed by atoms with Crippen molar-refractivity contribution in [3.8, 4) is 5.69 Å². The minimum Gasteiger partial charge on any atom is -0.300 e. The molecule has 0 saturated carbocycles. The summed E-state index contributed by atoms with van der Waals surface area (Å²) in [7, 11) is 0. The lowest BCUT2D eigenvalue weighted by Crippen LogP contribution is -2.19. The van der Waals surface area contributed by atoms with Crippen LogP contribution in [0.5, 0.6) is 0 Å². The van der Waals surface area contributed by atoms with Crippen LogP contribution in [0.4, 0.5) is 0 Å². The highest BCUT2D eigenvalue weighted by atomic mass is 16.1. The molecule has 0 aliphatic rings. The number of benzene rings is 2. The summed E-state index contributed by atoms with van der Waals surface area (Å²) < 4.78 is 1.87. The fourth-order valence-corrected chi connectivity index (χ4v) is 2.42. The molecule has 1 heterocycles. The molecule has 1 aromatic heterocycles. The Labute approximate surface area is 121 Å². The Morgan fingerprint density at radius 1 is 1.05 bits per heavy atom. The molecule has 3 aromatic rings. The lowest BCUT2D eigenvalue weighted by molar-refractivity contribution is -0.116. The van der Waals surface area contributed by atoms with Crippen molar-refractivity contribution in [1.82, 2.24) is 9.55 Å². The minimum absolute atomic E-state index is 0.0261. The van der Waals surface area contributed by atoms with E-state index in [9.17, 15) is 9.59 Å². The van der Waals surface area contributed by atoms with Gasteiger partial charge in [-0.1, -0.05) is 30.3 Å². The number of carbonyl (C=O) groups excluding carboxylic acids is 1. The predicted octanol–water partition coefficient (Wildman–Crippen LogP) is 2.52. The molecular weight excluding hydrogens is 264 g/mol. The molecule has 0 radical (unpaired) electrons. The molecule has 104 valence electrons. The average Bonchev–Trinajstić information content (AvgIpc) is 2.48. The van der Waals surface area contributed by atoms with Gasteiger partial charge in [0.1, 0.15) is 11.6 Å². The van der Waals surface area contributed by atoms with Crippen LogP contribution >= 0.6 is 0 Å². The molecule has 0 unspecified atom stereocenters. The topological polar surface area (TPSA) is 52.0 Å². The monoisotopic (exact) mass is 278 g/mol. The van der Waals surface area contributed by atoms with Gasteiger partial charge in [-0.05, 0) is 31.2 Å². The van der Waals surface area contributed by atoms with Gasteiger partial charge in [0.05, 0.1) is 17.3 Å². The van der Waals surface area contributed by atoms with Gasteiger partial charge in [0, 0.05) is 5.69 Å². The third kappa shape index (κ3) is 2.48. The third-order valence-corrected chi connectivity index (χ3v) is 3.29. The van der Waals surface area contributed by atoms with Crippen molar-refractivity contribution in [1.29, 1.82) is 0 Å². The number of hydrogen-bond donors (Lipinski definition) is 0. The minimum atomic E-state index is -0.297. The van der Waals surface area contributed by atoms with E-state index in [0.717, 1.165) is 11.2 Å². The van der Waals surface area contributed by atoms with E-state index in [-0.39, 0.29) is 17.8 Å². The van der Waals surface area contributed by atoms with Gasteiger partial charge in [0.15, 0.2) is 0 Å². The van der Waals surface area contributed by atoms with Crippen LogP contribution in [-0.2, 0) is 11.2 Å². The summed E-state index contributed by atoms with van der Waals surface area (Å²) in [5.41, 5.74) is 1.35. The highest BCUT2D eigenvalue weighted by Crippen LogP contribution is 2.18. The molecule has 0 atom stereocenters. The standard InChI is InChI=1S/C17H14N2O2/c1-12(20)11-16-18-17(21)14-9-5-6-10-15(14)19(16)13-7-3-2-4-8-13/h2-10H,11H2,1H3. The summed E-state index contributed by atoms with van der Waals surface area (Å²) in [6.45, 7) is 1.50. The average molecular weight is 278 g/mol. The van der Waals surface area contributed by atoms with Crippen LogP contribution in [0.1, 0.15) is 12.7 Å². The first-order valence-electron chi connectivity index (χ1n) is 6.72. The summed E-state index contributed by atoms with van der Waals surface area (Å²) in [5.74, 6) is 0.444. The Morgan fingerprint density at radius 2 is 1.71 bits per heavy atom. The number of hydrogen-bond acceptors (Lipinski definition) is 3. The van der Waals surface area contributed by atoms with E-state index in [0.29, 0.717) is 11.2 Å². The van der Waals surface area contributed by atoms with E-state index in [1.165, 1.54) is 6.92 Å². The summed E-state index contributed by atoms with van der Waals surface area (Å²) in [5, 5.41) is 0.550. The maximum absolute atomic E-state index is 12.1. The molecule has 0 aliphatic carbocycles. The van der Waals surface area contributed by atoms with Crippen molar-refractivity contribution in [2.24, 2.45) is 0 Å². The smallest absolute Gasteiger partial charge is 0.280 e. The number of para-hydroxylation sites is 2. The van der Waals surface area contributed by atoms with Gasteiger partial charge in [0.2, 0.25) is 0 Å². The van der Waals surface area contributed by atoms with Crippen LogP contribution in [-0.4, -0.2) is 15.3 Å². The van der Waals surface area contributed by atoms with E-state index in [1.807, 2.05) is 53.1 Å². The number of Topliss-reactive ketones (excluding diaryl/α,β-unsaturated/α-hetero) is 1. The maximum Gasteiger partial charge on any atom is 0.280 e. The fourth-order valence-electron chi connectivity index (χ4n) is 2.42. The molecular formula is C17H14N2O2. The zero-order valence-corrected chi connectivity index (χ0v) is 11.6. The second-order valence-corrected chi connectivity index (χ2v) is 4.90. The van der Waals surface area contributed by atoms with E-state index in [1.54, 1.807) is 6.07 Å². The quantitative estimate of drug-likeness (QED) is 0.739. The van der Waals surface area contributed by atoms with E-state index < -0.39 is 0 Å². The maximum atomic E-state index is 12.1. The molecule has 4 nitrogen and oxygen atoms in total. The number of fused-ring (bicyclic) bond motifs is 1. The van der Waals surface area contributed by atoms with Gasteiger partial charge < -0.3 is 0 Å². The Kier molecular flexibility index (Phi) is 3.36. The zero-order valence-electron chi connectivity index (χ0n) is 11.6. The molecule has 4 heteroatoms. The highest BCUT2D eigenvalue weighted by molar-refractivity contribution is 5.82. The van der Waals surface area contributed by atoms with Crippen molar-refractivity contribution in [2.45, 2.75) is 13.3 Å². The van der Waals surface area contributed by atoms with Crippen molar-refractivity contribution >= 4 is 16.7 Å². The second kappa shape index (κ2) is 5.32. The number of aromatic nitrogens is 2. The van der Waals surface area contributed by atoms with Gasteiger partial charge in [-0.25, -0.2) is 0 Å². The van der Waals surface area contributed by atoms with E-state index in [2.05, 4.69) is 4.98 Å². The second-order valence-electron chi connectivity index (χ2n) is 4.90. The molecule has 0 fully saturated rings. The van der Waals surface area contributed by atoms with E-state index in [4.69, 9.17) is 0 Å². The van der Waals surface area contributed by atoms with Crippen LogP contribution in [0, 0.1) is 0 Å². The fraction of sp³-hybridized carbons (Fsp3) is 0.118. The summed E-state index contributed by atoms with van der Waals surface area (Å²) >= 11 is 0. The number of ketones is 1. The highest BCUT2D eigenvalue weighted by Gasteiger charge is 2.13. The van der Waals surface area contributed by atoms with Gasteiger partial charge in [0.25, 0.3) is 5.56 Å². The Bertz CT molecular complexity index is 867. The molecule has 0 saturated heterocycles. The van der Waals surface area contributed by atoms with Crippen molar-refractivity contribution < 1.29 is 4.79 Å². The van der Waals surface area contributed by atoms with Gasteiger partial charge in [-0.15, -0.1) is 0 Å². The Morgan fingerprint density at radius 3 is 2.43 bits per heavy atom. The molecule has 3 rings (SSSR count). The molecule has 0 aliphatic heterocycles. The molecule has 0 bridgehead atoms. The first kappa shape index (κ1) is 13.2. The van der Waals surface area contributed by atoms with Gasteiger partial charge in [-0.3, -0.25) is 14.2 Å². The van der Waals surface area contributed by atoms with Crippen LogP contribution in [0.3, 0.4) is 0 Å². The van der Waals surface area contributed by atoms with E-state index >= 15 is 0 Å². The van der Waals surface area contributed by atoms with Gasteiger partial charge in [-0.2, -0.15) is 4.98 Å². The predicted molar refractivity (Wildman–Crippen MR) is 81.7 cm³/mol. The summed E-state index contributed by atoms with van der Waals surface area (Å²) in [4.78, 5) is 27.7. The van der Waals surface area contributed by atoms with Crippen LogP contribution < -0.4 is 5.56 Å². The third-order valence-electron chi connectivity index (χ3n) is 3.29. The molecule has 2 aromatic carbocycles. The van der Waals surface area contributed by atoms with Crippen LogP contribution in [0.25, 0.3) is 16.6 Å². The molecule has 0 spiro atoms. The molecule has 0 N–H and O–H groups in total. The van der Waals surface area contributed by atoms with Crippen molar-refractivity contribution in [2.75, 3.05) is 0 Å². The SMILES string of the molecule is CC(=O)Cc1nc(=O)c2ccccc2n1-c1ccccc1. The number of nitrogens with zero attached hydrogens (tertiary/aromatic N) is 2. The van der Waals surface area contributed by atoms with Crippen LogP contribution in [0.2, 0.25) is 0 Å². The molecule has 21 heavy (non-hydrogen) atoms. The van der Waals surface area contributed by atoms with Crippen molar-refractivity contribution in [3.05, 3.63) is 70.8 Å². The van der Waals surface area contributed by atoms with Gasteiger partial charge >= 0.3 is 0 Å². The number of rotatable bonds is 3. The first-order valence-corrected chi connectivity index (χ1v) is 6.72. The zero-order chi connectivity index (χ0) is 14.8. The Hall–Kier alpha value is -2.75. The lowest BCUT2D eigenvalue weighted by atomic mass is 10.2. The first-order chi connectivity index (χ1) is 10.2. The molecule has 0 amide bonds. The van der Waals surface area contributed by atoms with Crippen molar-refractivity contribution in [3.63, 3.8) is 0 Å². The normalized spacial score (nSPS) is 10.7. The summed E-state index contributed by atoms with van der Waals surface area (Å²) in [6, 6.07) is 16.9. The van der Waals surface area contributed by atoms with Crippen LogP contribution in [0.15, 0.2) is 59.4 Å². The summed E-state index contributed by atoms with van der Waals surface area (Å²) in [6.07, 6.45) is 0.134. The number of carbonyl (C=O) groups is 1. The largest absolute Gasteiger partial charge is 0.300 e. The Balaban J connectivity index is 2.40.